The van der Waals surface area contributed by atoms with Gasteiger partial charge in [0.2, 0.25) is 5.91 Å². The van der Waals surface area contributed by atoms with Crippen LogP contribution in [-0.2, 0) is 9.59 Å². The highest BCUT2D eigenvalue weighted by molar-refractivity contribution is 5.94. The zero-order valence-electron chi connectivity index (χ0n) is 16.1. The molecule has 0 spiro atoms. The van der Waals surface area contributed by atoms with Gasteiger partial charge in [-0.05, 0) is 37.8 Å². The lowest BCUT2D eigenvalue weighted by Crippen LogP contribution is -2.52. The molecule has 154 valence electrons. The Hall–Kier alpha value is -2.51. The number of nitrogens with zero attached hydrogens (tertiary/aromatic N) is 1. The Bertz CT molecular complexity index is 742. The molecule has 8 heteroatoms. The first-order valence-corrected chi connectivity index (χ1v) is 9.49. The number of rotatable bonds is 7. The van der Waals surface area contributed by atoms with Crippen molar-refractivity contribution in [3.63, 3.8) is 0 Å². The van der Waals surface area contributed by atoms with Gasteiger partial charge in [-0.2, -0.15) is 0 Å². The van der Waals surface area contributed by atoms with Crippen molar-refractivity contribution in [1.82, 2.24) is 10.2 Å². The van der Waals surface area contributed by atoms with E-state index in [1.54, 1.807) is 0 Å². The Morgan fingerprint density at radius 3 is 2.29 bits per heavy atom. The second kappa shape index (κ2) is 9.12. The van der Waals surface area contributed by atoms with Crippen LogP contribution in [0.3, 0.4) is 0 Å². The summed E-state index contributed by atoms with van der Waals surface area (Å²) in [5, 5.41) is 12.0. The second-order valence-corrected chi connectivity index (χ2v) is 7.24. The van der Waals surface area contributed by atoms with E-state index in [9.17, 15) is 23.2 Å². The Labute approximate surface area is 162 Å². The van der Waals surface area contributed by atoms with Crippen molar-refractivity contribution in [3.05, 3.63) is 35.4 Å². The Kier molecular flexibility index (Phi) is 7.10. The number of nitrogens with one attached hydrogen (secondary N) is 1. The third kappa shape index (κ3) is 5.05. The predicted molar refractivity (Wildman–Crippen MR) is 98.7 cm³/mol. The summed E-state index contributed by atoms with van der Waals surface area (Å²) in [6.45, 7) is 4.23. The molecule has 0 saturated carbocycles. The molecule has 1 heterocycles. The number of hydrogen-bond donors (Lipinski definition) is 2. The highest BCUT2D eigenvalue weighted by atomic mass is 19.1. The molecule has 0 unspecified atom stereocenters. The van der Waals surface area contributed by atoms with Crippen molar-refractivity contribution < 1.29 is 28.3 Å². The van der Waals surface area contributed by atoms with Gasteiger partial charge in [-0.1, -0.05) is 13.8 Å². The van der Waals surface area contributed by atoms with Crippen LogP contribution in [0.4, 0.5) is 8.78 Å². The molecule has 1 aliphatic rings. The van der Waals surface area contributed by atoms with Gasteiger partial charge in [0.15, 0.2) is 0 Å². The monoisotopic (exact) mass is 396 g/mol. The van der Waals surface area contributed by atoms with E-state index >= 15 is 0 Å². The number of carbonyl (C=O) groups excluding carboxylic acids is 2. The maximum absolute atomic E-state index is 13.8. The first-order valence-electron chi connectivity index (χ1n) is 9.49. The lowest BCUT2D eigenvalue weighted by atomic mass is 9.87. The van der Waals surface area contributed by atoms with Crippen LogP contribution in [0, 0.1) is 17.6 Å². The molecule has 0 atom stereocenters. The summed E-state index contributed by atoms with van der Waals surface area (Å²) in [6, 6.07) is 2.83. The van der Waals surface area contributed by atoms with E-state index < -0.39 is 29.0 Å². The van der Waals surface area contributed by atoms with Crippen molar-refractivity contribution in [2.45, 2.75) is 51.5 Å². The van der Waals surface area contributed by atoms with E-state index in [0.29, 0.717) is 31.7 Å². The topological polar surface area (TPSA) is 86.7 Å². The van der Waals surface area contributed by atoms with Gasteiger partial charge < -0.3 is 15.3 Å². The average Bonchev–Trinajstić information content (AvgIpc) is 2.66. The average molecular weight is 396 g/mol. The maximum atomic E-state index is 13.8. The van der Waals surface area contributed by atoms with Crippen molar-refractivity contribution in [3.8, 4) is 0 Å². The van der Waals surface area contributed by atoms with E-state index in [-0.39, 0.29) is 36.9 Å². The van der Waals surface area contributed by atoms with E-state index in [1.807, 2.05) is 13.8 Å². The van der Waals surface area contributed by atoms with Gasteiger partial charge in [-0.25, -0.2) is 8.78 Å². The zero-order chi connectivity index (χ0) is 20.9. The molecule has 0 radical (unpaired) electrons. The molecular weight excluding hydrogens is 370 g/mol. The van der Waals surface area contributed by atoms with Crippen LogP contribution in [-0.4, -0.2) is 46.4 Å². The van der Waals surface area contributed by atoms with Crippen molar-refractivity contribution in [2.24, 2.45) is 5.92 Å². The fourth-order valence-corrected chi connectivity index (χ4v) is 3.55. The van der Waals surface area contributed by atoms with Gasteiger partial charge in [-0.3, -0.25) is 14.4 Å². The van der Waals surface area contributed by atoms with Crippen LogP contribution in [0.15, 0.2) is 18.2 Å². The van der Waals surface area contributed by atoms with E-state index in [1.165, 1.54) is 4.90 Å². The number of likely N-dealkylation sites (tertiary alicyclic amines) is 1. The van der Waals surface area contributed by atoms with Crippen LogP contribution < -0.4 is 5.32 Å². The Balaban J connectivity index is 1.98. The van der Waals surface area contributed by atoms with Crippen LogP contribution >= 0.6 is 0 Å². The van der Waals surface area contributed by atoms with E-state index in [2.05, 4.69) is 5.32 Å². The molecular formula is C20H26F2N2O4. The van der Waals surface area contributed by atoms with Crippen molar-refractivity contribution >= 4 is 17.8 Å². The third-order valence-corrected chi connectivity index (χ3v) is 5.55. The fraction of sp³-hybridized carbons (Fsp3) is 0.550. The van der Waals surface area contributed by atoms with Gasteiger partial charge in [-0.15, -0.1) is 0 Å². The minimum atomic E-state index is -0.967. The van der Waals surface area contributed by atoms with Crippen LogP contribution in [0.2, 0.25) is 0 Å². The summed E-state index contributed by atoms with van der Waals surface area (Å²) in [7, 11) is 0. The predicted octanol–water partition coefficient (Wildman–Crippen LogP) is 2.97. The number of hydrogen-bond acceptors (Lipinski definition) is 3. The summed E-state index contributed by atoms with van der Waals surface area (Å²) >= 11 is 0. The van der Waals surface area contributed by atoms with Crippen LogP contribution in [0.5, 0.6) is 0 Å². The molecule has 0 aromatic heterocycles. The Morgan fingerprint density at radius 1 is 1.18 bits per heavy atom. The number of amides is 2. The molecule has 2 amide bonds. The summed E-state index contributed by atoms with van der Waals surface area (Å²) in [6.07, 6.45) is 1.66. The van der Waals surface area contributed by atoms with E-state index in [0.717, 1.165) is 12.1 Å². The SMILES string of the molecule is CCC(CC)(CC(=O)O)NC(=O)C1CCN(C(=O)c2ccc(F)cc2F)CC1. The number of carboxylic acid groups (broad SMARTS) is 1. The van der Waals surface area contributed by atoms with Crippen molar-refractivity contribution in [1.29, 1.82) is 0 Å². The van der Waals surface area contributed by atoms with Gasteiger partial charge in [0.1, 0.15) is 11.6 Å². The molecule has 1 fully saturated rings. The minimum absolute atomic E-state index is 0.146. The van der Waals surface area contributed by atoms with Gasteiger partial charge in [0.05, 0.1) is 12.0 Å². The number of piperidine rings is 1. The van der Waals surface area contributed by atoms with Crippen molar-refractivity contribution in [2.75, 3.05) is 13.1 Å². The second-order valence-electron chi connectivity index (χ2n) is 7.24. The lowest BCUT2D eigenvalue weighted by Gasteiger charge is -2.36. The largest absolute Gasteiger partial charge is 0.481 e. The molecule has 0 aliphatic carbocycles. The highest BCUT2D eigenvalue weighted by Gasteiger charge is 2.35. The van der Waals surface area contributed by atoms with Gasteiger partial charge in [0.25, 0.3) is 5.91 Å². The summed E-state index contributed by atoms with van der Waals surface area (Å²) in [5.41, 5.74) is -0.977. The number of carbonyl (C=O) groups is 3. The molecule has 1 saturated heterocycles. The molecule has 6 nitrogen and oxygen atoms in total. The molecule has 1 aromatic carbocycles. The molecule has 28 heavy (non-hydrogen) atoms. The molecule has 2 N–H and O–H groups in total. The summed E-state index contributed by atoms with van der Waals surface area (Å²) in [4.78, 5) is 37.7. The molecule has 2 rings (SSSR count). The zero-order valence-corrected chi connectivity index (χ0v) is 16.1. The smallest absolute Gasteiger partial charge is 0.305 e. The molecule has 1 aliphatic heterocycles. The first kappa shape index (κ1) is 21.8. The molecule has 0 bridgehead atoms. The molecule has 1 aromatic rings. The van der Waals surface area contributed by atoms with E-state index in [4.69, 9.17) is 5.11 Å². The van der Waals surface area contributed by atoms with Crippen LogP contribution in [0.25, 0.3) is 0 Å². The fourth-order valence-electron chi connectivity index (χ4n) is 3.55. The highest BCUT2D eigenvalue weighted by Crippen LogP contribution is 2.25. The third-order valence-electron chi connectivity index (χ3n) is 5.55. The quantitative estimate of drug-likeness (QED) is 0.742. The number of halogens is 2. The van der Waals surface area contributed by atoms with Gasteiger partial charge in [0, 0.05) is 30.6 Å². The number of aliphatic carboxylic acids is 1. The number of benzene rings is 1. The minimum Gasteiger partial charge on any atom is -0.481 e. The standard InChI is InChI=1S/C20H26F2N2O4/c1-3-20(4-2,12-17(25)26)23-18(27)13-7-9-24(10-8-13)19(28)15-6-5-14(21)11-16(15)22/h5-6,11,13H,3-4,7-10,12H2,1-2H3,(H,23,27)(H,25,26). The first-order chi connectivity index (χ1) is 13.2. The normalized spacial score (nSPS) is 15.4. The van der Waals surface area contributed by atoms with Gasteiger partial charge >= 0.3 is 5.97 Å². The Morgan fingerprint density at radius 2 is 1.79 bits per heavy atom. The summed E-state index contributed by atoms with van der Waals surface area (Å²) in [5.74, 6) is -3.71. The van der Waals surface area contributed by atoms with Crippen LogP contribution in [0.1, 0.15) is 56.3 Å². The summed E-state index contributed by atoms with van der Waals surface area (Å²) < 4.78 is 26.8. The maximum Gasteiger partial charge on any atom is 0.305 e. The lowest BCUT2D eigenvalue weighted by molar-refractivity contribution is -0.139. The number of carboxylic acids is 1.